The average Bonchev–Trinajstić information content (AvgIpc) is 2.96. The Hall–Kier alpha value is -2.47. The maximum Gasteiger partial charge on any atom is 0.338 e. The molecular weight excluding hydrogens is 360 g/mol. The van der Waals surface area contributed by atoms with E-state index in [-0.39, 0.29) is 12.2 Å². The van der Waals surface area contributed by atoms with E-state index in [2.05, 4.69) is 16.9 Å². The molecule has 27 heavy (non-hydrogen) atoms. The lowest BCUT2D eigenvalue weighted by Crippen LogP contribution is -2.16. The van der Waals surface area contributed by atoms with Gasteiger partial charge in [-0.2, -0.15) is 0 Å². The molecule has 2 aromatic heterocycles. The van der Waals surface area contributed by atoms with Crippen molar-refractivity contribution in [3.05, 3.63) is 61.5 Å². The highest BCUT2D eigenvalue weighted by Gasteiger charge is 2.23. The minimum absolute atomic E-state index is 0.0457. The second-order valence-electron chi connectivity index (χ2n) is 7.50. The first-order valence-corrected chi connectivity index (χ1v) is 10.0. The Morgan fingerprint density at radius 3 is 2.78 bits per heavy atom. The number of ether oxygens (including phenoxy) is 1. The highest BCUT2D eigenvalue weighted by atomic mass is 32.1. The predicted molar refractivity (Wildman–Crippen MR) is 106 cm³/mol. The third-order valence-corrected chi connectivity index (χ3v) is 6.16. The van der Waals surface area contributed by atoms with Crippen LogP contribution in [0.15, 0.2) is 23.0 Å². The molecule has 1 aromatic carbocycles. The zero-order valence-electron chi connectivity index (χ0n) is 15.7. The molecule has 0 bridgehead atoms. The van der Waals surface area contributed by atoms with E-state index in [1.807, 2.05) is 19.9 Å². The smallest absolute Gasteiger partial charge is 0.338 e. The van der Waals surface area contributed by atoms with Crippen LogP contribution in [-0.2, 0) is 24.2 Å². The molecule has 3 aromatic rings. The van der Waals surface area contributed by atoms with Crippen LogP contribution < -0.4 is 5.56 Å². The number of fused-ring (bicyclic) bond motifs is 3. The van der Waals surface area contributed by atoms with E-state index in [9.17, 15) is 9.59 Å². The molecule has 0 aliphatic heterocycles. The lowest BCUT2D eigenvalue weighted by molar-refractivity contribution is 0.0462. The second kappa shape index (κ2) is 6.93. The van der Waals surface area contributed by atoms with Crippen LogP contribution in [0, 0.1) is 19.8 Å². The maximum atomic E-state index is 12.6. The summed E-state index contributed by atoms with van der Waals surface area (Å²) in [6, 6.07) is 5.59. The number of carbonyl (C=O) groups is 1. The zero-order chi connectivity index (χ0) is 19.1. The van der Waals surface area contributed by atoms with Gasteiger partial charge >= 0.3 is 5.97 Å². The van der Waals surface area contributed by atoms with Crippen molar-refractivity contribution in [3.63, 3.8) is 0 Å². The van der Waals surface area contributed by atoms with Crippen molar-refractivity contribution in [1.29, 1.82) is 0 Å². The Morgan fingerprint density at radius 2 is 2.04 bits per heavy atom. The molecule has 0 radical (unpaired) electrons. The SMILES string of the molecule is Cc1cc(C)cc(C(=O)OCc2nc3sc4c(c3c(=O)[nH]2)CC[C@@H](C)C4)c1. The minimum atomic E-state index is -0.413. The first-order valence-electron chi connectivity index (χ1n) is 9.19. The summed E-state index contributed by atoms with van der Waals surface area (Å²) in [5.41, 5.74) is 3.54. The summed E-state index contributed by atoms with van der Waals surface area (Å²) in [7, 11) is 0. The highest BCUT2D eigenvalue weighted by molar-refractivity contribution is 7.18. The van der Waals surface area contributed by atoms with E-state index in [0.29, 0.717) is 22.7 Å². The molecule has 5 nitrogen and oxygen atoms in total. The molecule has 0 saturated carbocycles. The number of aromatic nitrogens is 2. The number of nitrogens with zero attached hydrogens (tertiary/aromatic N) is 1. The van der Waals surface area contributed by atoms with Crippen molar-refractivity contribution < 1.29 is 9.53 Å². The number of esters is 1. The number of thiophene rings is 1. The van der Waals surface area contributed by atoms with Gasteiger partial charge in [-0.15, -0.1) is 11.3 Å². The van der Waals surface area contributed by atoms with Crippen LogP contribution in [0.1, 0.15) is 51.1 Å². The number of rotatable bonds is 3. The third-order valence-electron chi connectivity index (χ3n) is 5.01. The number of hydrogen-bond acceptors (Lipinski definition) is 5. The van der Waals surface area contributed by atoms with Gasteiger partial charge in [-0.05, 0) is 56.7 Å². The predicted octanol–water partition coefficient (Wildman–Crippen LogP) is 4.08. The monoisotopic (exact) mass is 382 g/mol. The fourth-order valence-corrected chi connectivity index (χ4v) is 5.17. The summed E-state index contributed by atoms with van der Waals surface area (Å²) in [5.74, 6) is 0.614. The molecular formula is C21H22N2O3S. The molecule has 4 rings (SSSR count). The molecule has 1 aliphatic carbocycles. The molecule has 0 unspecified atom stereocenters. The molecule has 0 fully saturated rings. The van der Waals surface area contributed by atoms with Crippen molar-refractivity contribution in [2.45, 2.75) is 46.6 Å². The van der Waals surface area contributed by atoms with Gasteiger partial charge in [-0.3, -0.25) is 4.79 Å². The summed E-state index contributed by atoms with van der Waals surface area (Å²) in [6.07, 6.45) is 3.04. The van der Waals surface area contributed by atoms with Crippen LogP contribution in [0.3, 0.4) is 0 Å². The van der Waals surface area contributed by atoms with Crippen molar-refractivity contribution in [3.8, 4) is 0 Å². The van der Waals surface area contributed by atoms with Gasteiger partial charge in [-0.1, -0.05) is 24.1 Å². The molecule has 0 amide bonds. The van der Waals surface area contributed by atoms with Crippen LogP contribution in [0.2, 0.25) is 0 Å². The fourth-order valence-electron chi connectivity index (χ4n) is 3.77. The lowest BCUT2D eigenvalue weighted by Gasteiger charge is -2.17. The molecule has 1 N–H and O–H groups in total. The minimum Gasteiger partial charge on any atom is -0.454 e. The molecule has 2 heterocycles. The molecule has 1 aliphatic rings. The summed E-state index contributed by atoms with van der Waals surface area (Å²) in [6.45, 7) is 6.07. The zero-order valence-corrected chi connectivity index (χ0v) is 16.5. The Balaban J connectivity index is 1.58. The van der Waals surface area contributed by atoms with Crippen LogP contribution in [0.5, 0.6) is 0 Å². The number of aromatic amines is 1. The van der Waals surface area contributed by atoms with E-state index in [4.69, 9.17) is 4.74 Å². The molecule has 1 atom stereocenters. The topological polar surface area (TPSA) is 72.0 Å². The Bertz CT molecular complexity index is 1080. The van der Waals surface area contributed by atoms with E-state index in [1.165, 1.54) is 4.88 Å². The normalized spacial score (nSPS) is 16.3. The van der Waals surface area contributed by atoms with Gasteiger partial charge in [-0.25, -0.2) is 9.78 Å². The Kier molecular flexibility index (Phi) is 4.60. The number of hydrogen-bond donors (Lipinski definition) is 1. The summed E-state index contributed by atoms with van der Waals surface area (Å²) >= 11 is 1.59. The van der Waals surface area contributed by atoms with Gasteiger partial charge < -0.3 is 9.72 Å². The largest absolute Gasteiger partial charge is 0.454 e. The molecule has 140 valence electrons. The number of aryl methyl sites for hydroxylation is 3. The summed E-state index contributed by atoms with van der Waals surface area (Å²) in [5, 5.41) is 0.714. The van der Waals surface area contributed by atoms with Gasteiger partial charge in [0.1, 0.15) is 17.3 Å². The molecule has 6 heteroatoms. The van der Waals surface area contributed by atoms with Gasteiger partial charge in [0.05, 0.1) is 10.9 Å². The van der Waals surface area contributed by atoms with E-state index >= 15 is 0 Å². The summed E-state index contributed by atoms with van der Waals surface area (Å²) < 4.78 is 5.38. The van der Waals surface area contributed by atoms with E-state index in [0.717, 1.165) is 40.8 Å². The van der Waals surface area contributed by atoms with Crippen LogP contribution >= 0.6 is 11.3 Å². The van der Waals surface area contributed by atoms with E-state index in [1.54, 1.807) is 23.5 Å². The van der Waals surface area contributed by atoms with Gasteiger partial charge in [0.2, 0.25) is 0 Å². The fraction of sp³-hybridized carbons (Fsp3) is 0.381. The van der Waals surface area contributed by atoms with Crippen LogP contribution in [0.25, 0.3) is 10.2 Å². The number of benzene rings is 1. The number of carbonyl (C=O) groups excluding carboxylic acids is 1. The molecule has 0 spiro atoms. The Labute approximate surface area is 161 Å². The number of nitrogens with one attached hydrogen (secondary N) is 1. The van der Waals surface area contributed by atoms with Crippen molar-refractivity contribution in [2.24, 2.45) is 5.92 Å². The van der Waals surface area contributed by atoms with Crippen molar-refractivity contribution >= 4 is 27.5 Å². The first-order chi connectivity index (χ1) is 12.9. The van der Waals surface area contributed by atoms with Crippen molar-refractivity contribution in [2.75, 3.05) is 0 Å². The van der Waals surface area contributed by atoms with Gasteiger partial charge in [0, 0.05) is 4.88 Å². The molecule has 0 saturated heterocycles. The van der Waals surface area contributed by atoms with E-state index < -0.39 is 5.97 Å². The number of H-pyrrole nitrogens is 1. The third kappa shape index (κ3) is 3.54. The van der Waals surface area contributed by atoms with Crippen LogP contribution in [0.4, 0.5) is 0 Å². The quantitative estimate of drug-likeness (QED) is 0.693. The lowest BCUT2D eigenvalue weighted by atomic mass is 9.89. The van der Waals surface area contributed by atoms with Gasteiger partial charge in [0.15, 0.2) is 0 Å². The second-order valence-corrected chi connectivity index (χ2v) is 8.58. The maximum absolute atomic E-state index is 12.6. The van der Waals surface area contributed by atoms with Gasteiger partial charge in [0.25, 0.3) is 5.56 Å². The highest BCUT2D eigenvalue weighted by Crippen LogP contribution is 2.35. The van der Waals surface area contributed by atoms with Crippen LogP contribution in [-0.4, -0.2) is 15.9 Å². The average molecular weight is 382 g/mol. The standard InChI is InChI=1S/C21H22N2O3S/c1-11-4-5-15-16(9-11)27-20-18(15)19(24)22-17(23-20)10-26-21(25)14-7-12(2)6-13(3)8-14/h6-8,11H,4-5,9-10H2,1-3H3,(H,22,23,24)/t11-/m1/s1. The first kappa shape index (κ1) is 17.9. The Morgan fingerprint density at radius 1 is 1.30 bits per heavy atom. The summed E-state index contributed by atoms with van der Waals surface area (Å²) in [4.78, 5) is 34.3. The van der Waals surface area contributed by atoms with Crippen molar-refractivity contribution in [1.82, 2.24) is 9.97 Å².